The van der Waals surface area contributed by atoms with E-state index in [1.165, 1.54) is 0 Å². The molecule has 5 heteroatoms. The predicted molar refractivity (Wildman–Crippen MR) is 85.0 cm³/mol. The van der Waals surface area contributed by atoms with E-state index in [2.05, 4.69) is 10.3 Å². The van der Waals surface area contributed by atoms with E-state index in [1.54, 1.807) is 26.4 Å². The van der Waals surface area contributed by atoms with Gasteiger partial charge in [-0.3, -0.25) is 4.98 Å². The second-order valence-electron chi connectivity index (χ2n) is 5.12. The minimum atomic E-state index is -0.362. The molecule has 0 saturated carbocycles. The van der Waals surface area contributed by atoms with Gasteiger partial charge in [-0.15, -0.1) is 0 Å². The molecule has 0 amide bonds. The van der Waals surface area contributed by atoms with E-state index in [9.17, 15) is 5.11 Å². The van der Waals surface area contributed by atoms with Crippen molar-refractivity contribution in [2.75, 3.05) is 13.7 Å². The topological polar surface area (TPSA) is 63.6 Å². The van der Waals surface area contributed by atoms with Crippen LogP contribution < -0.4 is 14.8 Å². The van der Waals surface area contributed by atoms with Crippen molar-refractivity contribution in [3.05, 3.63) is 53.9 Å². The minimum Gasteiger partial charge on any atom is -0.493 e. The molecule has 2 aromatic rings. The molecule has 22 heavy (non-hydrogen) atoms. The summed E-state index contributed by atoms with van der Waals surface area (Å²) < 4.78 is 11.2. The summed E-state index contributed by atoms with van der Waals surface area (Å²) in [7, 11) is 1.62. The number of benzene rings is 1. The molecule has 0 radical (unpaired) electrons. The van der Waals surface area contributed by atoms with Crippen molar-refractivity contribution in [1.82, 2.24) is 10.3 Å². The molecule has 1 aromatic heterocycles. The lowest BCUT2D eigenvalue weighted by molar-refractivity contribution is 0.191. The Balaban J connectivity index is 2.01. The molecule has 1 atom stereocenters. The molecule has 0 bridgehead atoms. The SMILES string of the molecule is COc1ccc(CNCC(C)O)cc1OCc1cccnc1. The molecule has 2 rings (SSSR count). The van der Waals surface area contributed by atoms with Gasteiger partial charge in [0, 0.05) is 31.0 Å². The van der Waals surface area contributed by atoms with Crippen molar-refractivity contribution in [2.24, 2.45) is 0 Å². The Hall–Kier alpha value is -2.11. The van der Waals surface area contributed by atoms with Crippen LogP contribution in [0.2, 0.25) is 0 Å². The van der Waals surface area contributed by atoms with Crippen LogP contribution in [0.5, 0.6) is 11.5 Å². The summed E-state index contributed by atoms with van der Waals surface area (Å²) in [6.07, 6.45) is 3.15. The van der Waals surface area contributed by atoms with Crippen LogP contribution >= 0.6 is 0 Å². The number of aromatic nitrogens is 1. The normalized spacial score (nSPS) is 12.0. The van der Waals surface area contributed by atoms with Crippen molar-refractivity contribution in [1.29, 1.82) is 0 Å². The van der Waals surface area contributed by atoms with Gasteiger partial charge in [0.25, 0.3) is 0 Å². The van der Waals surface area contributed by atoms with E-state index in [0.29, 0.717) is 31.2 Å². The van der Waals surface area contributed by atoms with E-state index in [0.717, 1.165) is 11.1 Å². The third-order valence-electron chi connectivity index (χ3n) is 3.11. The fraction of sp³-hybridized carbons (Fsp3) is 0.353. The number of pyridine rings is 1. The summed E-state index contributed by atoms with van der Waals surface area (Å²) in [6, 6.07) is 9.66. The minimum absolute atomic E-state index is 0.362. The van der Waals surface area contributed by atoms with E-state index in [4.69, 9.17) is 9.47 Å². The van der Waals surface area contributed by atoms with Crippen molar-refractivity contribution < 1.29 is 14.6 Å². The number of ether oxygens (including phenoxy) is 2. The highest BCUT2D eigenvalue weighted by atomic mass is 16.5. The summed E-state index contributed by atoms with van der Waals surface area (Å²) in [5, 5.41) is 12.4. The van der Waals surface area contributed by atoms with Gasteiger partial charge in [-0.25, -0.2) is 0 Å². The third-order valence-corrected chi connectivity index (χ3v) is 3.11. The smallest absolute Gasteiger partial charge is 0.161 e. The molecule has 118 valence electrons. The van der Waals surface area contributed by atoms with Gasteiger partial charge in [-0.1, -0.05) is 12.1 Å². The number of aliphatic hydroxyl groups excluding tert-OH is 1. The fourth-order valence-corrected chi connectivity index (χ4v) is 2.01. The first-order valence-corrected chi connectivity index (χ1v) is 7.26. The predicted octanol–water partition coefficient (Wildman–Crippen LogP) is 2.14. The van der Waals surface area contributed by atoms with Crippen LogP contribution in [0.25, 0.3) is 0 Å². The van der Waals surface area contributed by atoms with E-state index in [1.807, 2.05) is 30.3 Å². The summed E-state index contributed by atoms with van der Waals surface area (Å²) in [4.78, 5) is 4.07. The maximum Gasteiger partial charge on any atom is 0.161 e. The lowest BCUT2D eigenvalue weighted by Gasteiger charge is -2.13. The Kier molecular flexibility index (Phi) is 6.18. The molecule has 0 aliphatic carbocycles. The second kappa shape index (κ2) is 8.36. The highest BCUT2D eigenvalue weighted by molar-refractivity contribution is 5.43. The molecule has 0 aliphatic heterocycles. The molecule has 0 aliphatic rings. The van der Waals surface area contributed by atoms with Gasteiger partial charge in [0.2, 0.25) is 0 Å². The zero-order valence-electron chi connectivity index (χ0n) is 13.0. The third kappa shape index (κ3) is 5.02. The number of hydrogen-bond donors (Lipinski definition) is 2. The number of nitrogens with one attached hydrogen (secondary N) is 1. The van der Waals surface area contributed by atoms with Gasteiger partial charge < -0.3 is 19.9 Å². The largest absolute Gasteiger partial charge is 0.493 e. The first-order chi connectivity index (χ1) is 10.7. The average Bonchev–Trinajstić information content (AvgIpc) is 2.54. The summed E-state index contributed by atoms with van der Waals surface area (Å²) in [6.45, 7) is 3.41. The molecule has 1 aromatic carbocycles. The van der Waals surface area contributed by atoms with Gasteiger partial charge in [0.1, 0.15) is 6.61 Å². The quantitative estimate of drug-likeness (QED) is 0.782. The molecule has 1 heterocycles. The zero-order chi connectivity index (χ0) is 15.8. The molecule has 0 fully saturated rings. The molecular weight excluding hydrogens is 280 g/mol. The molecular formula is C17H22N2O3. The first kappa shape index (κ1) is 16.3. The molecule has 5 nitrogen and oxygen atoms in total. The van der Waals surface area contributed by atoms with Gasteiger partial charge in [-0.05, 0) is 30.7 Å². The summed E-state index contributed by atoms with van der Waals surface area (Å²) in [5.74, 6) is 1.39. The lowest BCUT2D eigenvalue weighted by Crippen LogP contribution is -2.23. The lowest BCUT2D eigenvalue weighted by atomic mass is 10.2. The maximum atomic E-state index is 9.26. The van der Waals surface area contributed by atoms with Crippen LogP contribution in [-0.4, -0.2) is 29.8 Å². The first-order valence-electron chi connectivity index (χ1n) is 7.26. The number of methoxy groups -OCH3 is 1. The zero-order valence-corrected chi connectivity index (χ0v) is 13.0. The molecule has 2 N–H and O–H groups in total. The van der Waals surface area contributed by atoms with Crippen LogP contribution in [0, 0.1) is 0 Å². The monoisotopic (exact) mass is 302 g/mol. The highest BCUT2D eigenvalue weighted by Crippen LogP contribution is 2.28. The van der Waals surface area contributed by atoms with Crippen LogP contribution in [0.3, 0.4) is 0 Å². The molecule has 1 unspecified atom stereocenters. The Morgan fingerprint density at radius 3 is 2.77 bits per heavy atom. The van der Waals surface area contributed by atoms with Crippen LogP contribution in [0.4, 0.5) is 0 Å². The fourth-order valence-electron chi connectivity index (χ4n) is 2.01. The number of hydrogen-bond acceptors (Lipinski definition) is 5. The average molecular weight is 302 g/mol. The number of nitrogens with zero attached hydrogens (tertiary/aromatic N) is 1. The standard InChI is InChI=1S/C17H22N2O3/c1-13(20)9-19-10-14-5-6-16(21-2)17(8-14)22-12-15-4-3-7-18-11-15/h3-8,11,13,19-20H,9-10,12H2,1-2H3. The number of rotatable bonds is 8. The Bertz CT molecular complexity index is 573. The van der Waals surface area contributed by atoms with E-state index in [-0.39, 0.29) is 6.10 Å². The van der Waals surface area contributed by atoms with Crippen molar-refractivity contribution in [3.63, 3.8) is 0 Å². The van der Waals surface area contributed by atoms with Crippen molar-refractivity contribution in [3.8, 4) is 11.5 Å². The van der Waals surface area contributed by atoms with E-state index < -0.39 is 0 Å². The maximum absolute atomic E-state index is 9.26. The van der Waals surface area contributed by atoms with Crippen LogP contribution in [0.1, 0.15) is 18.1 Å². The molecule has 0 saturated heterocycles. The Labute approximate surface area is 130 Å². The van der Waals surface area contributed by atoms with Gasteiger partial charge in [-0.2, -0.15) is 0 Å². The Morgan fingerprint density at radius 2 is 2.09 bits per heavy atom. The highest BCUT2D eigenvalue weighted by Gasteiger charge is 2.07. The van der Waals surface area contributed by atoms with E-state index >= 15 is 0 Å². The Morgan fingerprint density at radius 1 is 1.23 bits per heavy atom. The summed E-state index contributed by atoms with van der Waals surface area (Å²) in [5.41, 5.74) is 2.07. The second-order valence-corrected chi connectivity index (χ2v) is 5.12. The van der Waals surface area contributed by atoms with Gasteiger partial charge >= 0.3 is 0 Å². The van der Waals surface area contributed by atoms with Gasteiger partial charge in [0.15, 0.2) is 11.5 Å². The van der Waals surface area contributed by atoms with Crippen LogP contribution in [0.15, 0.2) is 42.7 Å². The van der Waals surface area contributed by atoms with Crippen molar-refractivity contribution in [2.45, 2.75) is 26.2 Å². The number of aliphatic hydroxyl groups is 1. The van der Waals surface area contributed by atoms with Gasteiger partial charge in [0.05, 0.1) is 13.2 Å². The summed E-state index contributed by atoms with van der Waals surface area (Å²) >= 11 is 0. The van der Waals surface area contributed by atoms with Crippen molar-refractivity contribution >= 4 is 0 Å². The van der Waals surface area contributed by atoms with Crippen LogP contribution in [-0.2, 0) is 13.2 Å². The molecule has 0 spiro atoms.